The Morgan fingerprint density at radius 1 is 1.56 bits per heavy atom. The molecule has 0 aliphatic heterocycles. The van der Waals surface area contributed by atoms with Crippen molar-refractivity contribution in [1.82, 2.24) is 0 Å². The number of carbonyl (C=O) groups excluding carboxylic acids is 1. The second-order valence-electron chi connectivity index (χ2n) is 3.18. The first-order valence-corrected chi connectivity index (χ1v) is 4.86. The first kappa shape index (κ1) is 12.6. The van der Waals surface area contributed by atoms with Crippen LogP contribution in [0.5, 0.6) is 0 Å². The number of ether oxygens (including phenoxy) is 1. The van der Waals surface area contributed by atoms with Gasteiger partial charge in [0.15, 0.2) is 5.78 Å². The Balaban J connectivity index is 2.83. The molecule has 86 valence electrons. The highest BCUT2D eigenvalue weighted by Crippen LogP contribution is 2.22. The van der Waals surface area contributed by atoms with Gasteiger partial charge in [0.25, 0.3) is 5.69 Å². The van der Waals surface area contributed by atoms with Crippen molar-refractivity contribution < 1.29 is 14.5 Å². The third kappa shape index (κ3) is 3.29. The first-order valence-electron chi connectivity index (χ1n) is 4.48. The molecule has 1 aromatic carbocycles. The summed E-state index contributed by atoms with van der Waals surface area (Å²) in [6, 6.07) is 4.03. The Hall–Kier alpha value is -1.46. The lowest BCUT2D eigenvalue weighted by molar-refractivity contribution is -0.384. The van der Waals surface area contributed by atoms with E-state index < -0.39 is 4.92 Å². The highest BCUT2D eigenvalue weighted by atomic mass is 35.5. The molecule has 1 rings (SSSR count). The predicted molar refractivity (Wildman–Crippen MR) is 58.7 cm³/mol. The van der Waals surface area contributed by atoms with Crippen LogP contribution in [0.1, 0.15) is 5.56 Å². The number of non-ortho nitro benzene ring substituents is 1. The lowest BCUT2D eigenvalue weighted by Gasteiger charge is -2.02. The lowest BCUT2D eigenvalue weighted by Crippen LogP contribution is -2.10. The molecule has 0 spiro atoms. The molecule has 0 atom stereocenters. The van der Waals surface area contributed by atoms with E-state index in [1.807, 2.05) is 0 Å². The van der Waals surface area contributed by atoms with Crippen LogP contribution < -0.4 is 0 Å². The maximum absolute atomic E-state index is 11.3. The van der Waals surface area contributed by atoms with Crippen LogP contribution in [0.3, 0.4) is 0 Å². The normalized spacial score (nSPS) is 10.1. The van der Waals surface area contributed by atoms with Crippen molar-refractivity contribution in [2.45, 2.75) is 6.42 Å². The Morgan fingerprint density at radius 3 is 2.75 bits per heavy atom. The zero-order chi connectivity index (χ0) is 12.1. The molecule has 5 nitrogen and oxygen atoms in total. The zero-order valence-electron chi connectivity index (χ0n) is 8.60. The number of rotatable bonds is 5. The molecule has 0 amide bonds. The number of methoxy groups -OCH3 is 1. The number of halogens is 1. The summed E-state index contributed by atoms with van der Waals surface area (Å²) in [6.45, 7) is 0.00726. The van der Waals surface area contributed by atoms with Gasteiger partial charge < -0.3 is 4.74 Å². The molecule has 6 heteroatoms. The van der Waals surface area contributed by atoms with E-state index >= 15 is 0 Å². The van der Waals surface area contributed by atoms with Crippen LogP contribution in [-0.4, -0.2) is 24.4 Å². The van der Waals surface area contributed by atoms with Gasteiger partial charge in [0.2, 0.25) is 0 Å². The Morgan fingerprint density at radius 2 is 2.25 bits per heavy atom. The maximum Gasteiger partial charge on any atom is 0.270 e. The monoisotopic (exact) mass is 243 g/mol. The van der Waals surface area contributed by atoms with Crippen LogP contribution in [0, 0.1) is 10.1 Å². The number of ketones is 1. The van der Waals surface area contributed by atoms with Crippen LogP contribution in [0.2, 0.25) is 5.02 Å². The van der Waals surface area contributed by atoms with Gasteiger partial charge in [0, 0.05) is 25.7 Å². The Labute approximate surface area is 97.1 Å². The van der Waals surface area contributed by atoms with E-state index in [1.54, 1.807) is 0 Å². The van der Waals surface area contributed by atoms with E-state index in [0.717, 1.165) is 0 Å². The SMILES string of the molecule is COCC(=O)Cc1ccc([N+](=O)[O-])cc1Cl. The predicted octanol–water partition coefficient (Wildman–Crippen LogP) is 2.01. The smallest absolute Gasteiger partial charge is 0.270 e. The average molecular weight is 244 g/mol. The summed E-state index contributed by atoms with van der Waals surface area (Å²) in [5.74, 6) is -0.127. The molecular weight excluding hydrogens is 234 g/mol. The summed E-state index contributed by atoms with van der Waals surface area (Å²) in [4.78, 5) is 21.2. The molecule has 0 saturated carbocycles. The minimum absolute atomic E-state index is 0.00726. The molecule has 0 unspecified atom stereocenters. The van der Waals surface area contributed by atoms with Crippen LogP contribution in [-0.2, 0) is 16.0 Å². The summed E-state index contributed by atoms with van der Waals surface area (Å²) < 4.78 is 4.68. The summed E-state index contributed by atoms with van der Waals surface area (Å²) in [7, 11) is 1.43. The van der Waals surface area contributed by atoms with Gasteiger partial charge in [-0.2, -0.15) is 0 Å². The lowest BCUT2D eigenvalue weighted by atomic mass is 10.1. The fourth-order valence-electron chi connectivity index (χ4n) is 1.22. The fraction of sp³-hybridized carbons (Fsp3) is 0.300. The molecule has 0 bridgehead atoms. The maximum atomic E-state index is 11.3. The standard InChI is InChI=1S/C10H10ClNO4/c1-16-6-9(13)4-7-2-3-8(12(14)15)5-10(7)11/h2-3,5H,4,6H2,1H3. The molecule has 0 saturated heterocycles. The second-order valence-corrected chi connectivity index (χ2v) is 3.59. The van der Waals surface area contributed by atoms with Crippen LogP contribution in [0.25, 0.3) is 0 Å². The molecule has 0 heterocycles. The minimum Gasteiger partial charge on any atom is -0.377 e. The van der Waals surface area contributed by atoms with Crippen LogP contribution in [0.15, 0.2) is 18.2 Å². The van der Waals surface area contributed by atoms with Crippen molar-refractivity contribution in [2.75, 3.05) is 13.7 Å². The van der Waals surface area contributed by atoms with E-state index in [2.05, 4.69) is 4.74 Å². The van der Waals surface area contributed by atoms with E-state index in [0.29, 0.717) is 5.56 Å². The number of hydrogen-bond donors (Lipinski definition) is 0. The van der Waals surface area contributed by atoms with Crippen molar-refractivity contribution >= 4 is 23.1 Å². The molecule has 0 aromatic heterocycles. The molecule has 0 radical (unpaired) electrons. The van der Waals surface area contributed by atoms with Gasteiger partial charge in [-0.15, -0.1) is 0 Å². The fourth-order valence-corrected chi connectivity index (χ4v) is 1.46. The minimum atomic E-state index is -0.535. The summed E-state index contributed by atoms with van der Waals surface area (Å²) >= 11 is 5.82. The Kier molecular flexibility index (Phi) is 4.39. The highest BCUT2D eigenvalue weighted by molar-refractivity contribution is 6.31. The van der Waals surface area contributed by atoms with Crippen molar-refractivity contribution in [3.05, 3.63) is 38.9 Å². The van der Waals surface area contributed by atoms with Gasteiger partial charge in [-0.1, -0.05) is 17.7 Å². The number of hydrogen-bond acceptors (Lipinski definition) is 4. The summed E-state index contributed by atoms with van der Waals surface area (Å²) in [5.41, 5.74) is 0.474. The Bertz CT molecular complexity index is 419. The van der Waals surface area contributed by atoms with Crippen LogP contribution >= 0.6 is 11.6 Å². The average Bonchev–Trinajstić information content (AvgIpc) is 2.21. The van der Waals surface area contributed by atoms with Crippen molar-refractivity contribution in [1.29, 1.82) is 0 Å². The van der Waals surface area contributed by atoms with Gasteiger partial charge in [0.05, 0.1) is 9.95 Å². The largest absolute Gasteiger partial charge is 0.377 e. The summed E-state index contributed by atoms with van der Waals surface area (Å²) in [5, 5.41) is 10.7. The first-order chi connectivity index (χ1) is 7.54. The van der Waals surface area contributed by atoms with E-state index in [4.69, 9.17) is 11.6 Å². The number of Topliss-reactive ketones (excluding diaryl/α,β-unsaturated/α-hetero) is 1. The highest BCUT2D eigenvalue weighted by Gasteiger charge is 2.11. The molecule has 0 fully saturated rings. The van der Waals surface area contributed by atoms with Gasteiger partial charge >= 0.3 is 0 Å². The van der Waals surface area contributed by atoms with E-state index in [-0.39, 0.29) is 29.5 Å². The molecular formula is C10H10ClNO4. The third-order valence-electron chi connectivity index (χ3n) is 1.94. The number of nitro groups is 1. The number of nitrogens with zero attached hydrogens (tertiary/aromatic N) is 1. The van der Waals surface area contributed by atoms with E-state index in [1.165, 1.54) is 25.3 Å². The zero-order valence-corrected chi connectivity index (χ0v) is 9.36. The topological polar surface area (TPSA) is 69.4 Å². The van der Waals surface area contributed by atoms with Crippen molar-refractivity contribution in [3.63, 3.8) is 0 Å². The molecule has 16 heavy (non-hydrogen) atoms. The van der Waals surface area contributed by atoms with Crippen LogP contribution in [0.4, 0.5) is 5.69 Å². The van der Waals surface area contributed by atoms with Gasteiger partial charge in [-0.25, -0.2) is 0 Å². The molecule has 0 N–H and O–H groups in total. The van der Waals surface area contributed by atoms with Crippen molar-refractivity contribution in [2.24, 2.45) is 0 Å². The molecule has 1 aromatic rings. The van der Waals surface area contributed by atoms with Gasteiger partial charge in [-0.05, 0) is 5.56 Å². The van der Waals surface area contributed by atoms with E-state index in [9.17, 15) is 14.9 Å². The number of benzene rings is 1. The summed E-state index contributed by atoms with van der Waals surface area (Å²) in [6.07, 6.45) is 0.116. The van der Waals surface area contributed by atoms with Crippen molar-refractivity contribution in [3.8, 4) is 0 Å². The van der Waals surface area contributed by atoms with Gasteiger partial charge in [0.1, 0.15) is 6.61 Å². The van der Waals surface area contributed by atoms with Gasteiger partial charge in [-0.3, -0.25) is 14.9 Å². The second kappa shape index (κ2) is 5.58. The third-order valence-corrected chi connectivity index (χ3v) is 2.29. The molecule has 0 aliphatic carbocycles. The number of nitro benzene ring substituents is 1. The quantitative estimate of drug-likeness (QED) is 0.586. The molecule has 0 aliphatic rings. The number of carbonyl (C=O) groups is 1.